The van der Waals surface area contributed by atoms with Crippen molar-refractivity contribution in [1.82, 2.24) is 4.57 Å². The Morgan fingerprint density at radius 2 is 2.15 bits per heavy atom. The largest absolute Gasteiger partial charge is 0.488 e. The monoisotopic (exact) mass is 269 g/mol. The van der Waals surface area contributed by atoms with E-state index in [0.29, 0.717) is 0 Å². The highest BCUT2D eigenvalue weighted by Crippen LogP contribution is 2.32. The van der Waals surface area contributed by atoms with Crippen molar-refractivity contribution in [1.29, 1.82) is 0 Å². The number of rotatable bonds is 2. The number of hydrogen-bond donors (Lipinski definition) is 1. The molecule has 1 aliphatic heterocycles. The van der Waals surface area contributed by atoms with E-state index in [1.807, 2.05) is 12.1 Å². The normalized spacial score (nSPS) is 24.1. The molecular weight excluding hydrogens is 250 g/mol. The number of aliphatic hydroxyl groups is 1. The van der Waals surface area contributed by atoms with Gasteiger partial charge in [0, 0.05) is 23.9 Å². The van der Waals surface area contributed by atoms with Gasteiger partial charge in [-0.15, -0.1) is 0 Å². The number of aromatic nitrogens is 1. The third kappa shape index (κ3) is 1.93. The number of aliphatic hydroxyl groups excluding tert-OH is 1. The Balaban J connectivity index is 1.54. The van der Waals surface area contributed by atoms with Crippen molar-refractivity contribution < 1.29 is 9.84 Å². The first-order chi connectivity index (χ1) is 9.81. The average Bonchev–Trinajstić information content (AvgIpc) is 3.04. The molecule has 3 nitrogen and oxygen atoms in total. The zero-order chi connectivity index (χ0) is 13.5. The molecule has 0 fully saturated rings. The van der Waals surface area contributed by atoms with Crippen molar-refractivity contribution >= 4 is 0 Å². The molecule has 1 aromatic heterocycles. The van der Waals surface area contributed by atoms with Crippen molar-refractivity contribution in [2.75, 3.05) is 0 Å². The topological polar surface area (TPSA) is 34.4 Å². The van der Waals surface area contributed by atoms with E-state index >= 15 is 0 Å². The summed E-state index contributed by atoms with van der Waals surface area (Å²) in [6, 6.07) is 10.4. The fraction of sp³-hybridized carbons (Fsp3) is 0.412. The maximum Gasteiger partial charge on any atom is 0.123 e. The minimum atomic E-state index is -0.276. The van der Waals surface area contributed by atoms with E-state index in [1.54, 1.807) is 0 Å². The number of nitrogens with zero attached hydrogens (tertiary/aromatic N) is 1. The van der Waals surface area contributed by atoms with Crippen molar-refractivity contribution in [2.24, 2.45) is 0 Å². The molecule has 0 saturated heterocycles. The second-order valence-corrected chi connectivity index (χ2v) is 5.83. The molecule has 4 rings (SSSR count). The number of ether oxygens (including phenoxy) is 1. The highest BCUT2D eigenvalue weighted by molar-refractivity contribution is 5.37. The number of para-hydroxylation sites is 1. The zero-order valence-corrected chi connectivity index (χ0v) is 11.5. The van der Waals surface area contributed by atoms with Gasteiger partial charge in [-0.2, -0.15) is 0 Å². The van der Waals surface area contributed by atoms with Crippen LogP contribution in [0.5, 0.6) is 5.75 Å². The van der Waals surface area contributed by atoms with E-state index in [-0.39, 0.29) is 12.2 Å². The van der Waals surface area contributed by atoms with E-state index < -0.39 is 0 Å². The van der Waals surface area contributed by atoms with Gasteiger partial charge >= 0.3 is 0 Å². The highest BCUT2D eigenvalue weighted by atomic mass is 16.5. The maximum atomic E-state index is 10.0. The Morgan fingerprint density at radius 3 is 3.05 bits per heavy atom. The van der Waals surface area contributed by atoms with Gasteiger partial charge in [-0.3, -0.25) is 0 Å². The molecule has 2 aliphatic rings. The van der Waals surface area contributed by atoms with E-state index in [4.69, 9.17) is 4.74 Å². The van der Waals surface area contributed by atoms with Crippen LogP contribution in [0.25, 0.3) is 0 Å². The Bertz CT molecular complexity index is 607. The Hall–Kier alpha value is -1.74. The molecule has 2 unspecified atom stereocenters. The van der Waals surface area contributed by atoms with Crippen LogP contribution in [0.4, 0.5) is 0 Å². The molecule has 20 heavy (non-hydrogen) atoms. The number of fused-ring (bicyclic) bond motifs is 2. The average molecular weight is 269 g/mol. The van der Waals surface area contributed by atoms with Crippen LogP contribution in [0.1, 0.15) is 35.8 Å². The summed E-state index contributed by atoms with van der Waals surface area (Å²) < 4.78 is 8.29. The van der Waals surface area contributed by atoms with E-state index in [9.17, 15) is 5.11 Å². The lowest BCUT2D eigenvalue weighted by molar-refractivity contribution is 0.154. The molecule has 1 aliphatic carbocycles. The van der Waals surface area contributed by atoms with Gasteiger partial charge in [0.25, 0.3) is 0 Å². The van der Waals surface area contributed by atoms with Gasteiger partial charge in [0.2, 0.25) is 0 Å². The minimum absolute atomic E-state index is 0.211. The summed E-state index contributed by atoms with van der Waals surface area (Å²) in [5, 5.41) is 10.0. The maximum absolute atomic E-state index is 10.0. The van der Waals surface area contributed by atoms with Crippen LogP contribution in [0, 0.1) is 0 Å². The lowest BCUT2D eigenvalue weighted by atomic mass is 9.95. The SMILES string of the molecule is OC1CCCc2c1ccn2CC1Cc2ccccc2O1. The zero-order valence-electron chi connectivity index (χ0n) is 11.5. The quantitative estimate of drug-likeness (QED) is 0.909. The second kappa shape index (κ2) is 4.67. The van der Waals surface area contributed by atoms with Gasteiger partial charge in [0.15, 0.2) is 0 Å². The van der Waals surface area contributed by atoms with Gasteiger partial charge in [0.05, 0.1) is 12.6 Å². The summed E-state index contributed by atoms with van der Waals surface area (Å²) in [4.78, 5) is 0. The molecule has 2 aromatic rings. The number of hydrogen-bond acceptors (Lipinski definition) is 2. The van der Waals surface area contributed by atoms with Gasteiger partial charge in [-0.1, -0.05) is 18.2 Å². The van der Waals surface area contributed by atoms with Gasteiger partial charge < -0.3 is 14.4 Å². The van der Waals surface area contributed by atoms with Crippen LogP contribution >= 0.6 is 0 Å². The van der Waals surface area contributed by atoms with E-state index in [0.717, 1.165) is 43.5 Å². The summed E-state index contributed by atoms with van der Waals surface area (Å²) in [7, 11) is 0. The molecule has 2 atom stereocenters. The van der Waals surface area contributed by atoms with Crippen molar-refractivity contribution in [3.8, 4) is 5.75 Å². The fourth-order valence-electron chi connectivity index (χ4n) is 3.48. The molecule has 0 spiro atoms. The minimum Gasteiger partial charge on any atom is -0.488 e. The van der Waals surface area contributed by atoms with Crippen molar-refractivity contribution in [2.45, 2.75) is 44.4 Å². The van der Waals surface area contributed by atoms with E-state index in [2.05, 4.69) is 29.0 Å². The van der Waals surface area contributed by atoms with E-state index in [1.165, 1.54) is 11.3 Å². The summed E-state index contributed by atoms with van der Waals surface area (Å²) >= 11 is 0. The second-order valence-electron chi connectivity index (χ2n) is 5.83. The Morgan fingerprint density at radius 1 is 1.25 bits per heavy atom. The molecule has 0 saturated carbocycles. The lowest BCUT2D eigenvalue weighted by Gasteiger charge is -2.21. The van der Waals surface area contributed by atoms with Crippen molar-refractivity contribution in [3.63, 3.8) is 0 Å². The summed E-state index contributed by atoms with van der Waals surface area (Å²) in [6.45, 7) is 0.872. The molecule has 0 radical (unpaired) electrons. The first-order valence-corrected chi connectivity index (χ1v) is 7.42. The molecule has 2 heterocycles. The predicted octanol–water partition coefficient (Wildman–Crippen LogP) is 2.86. The van der Waals surface area contributed by atoms with Crippen LogP contribution < -0.4 is 4.74 Å². The Labute approximate surface area is 118 Å². The highest BCUT2D eigenvalue weighted by Gasteiger charge is 2.26. The third-order valence-electron chi connectivity index (χ3n) is 4.48. The number of benzene rings is 1. The molecule has 1 aromatic carbocycles. The summed E-state index contributed by atoms with van der Waals surface area (Å²) in [5.74, 6) is 1.03. The predicted molar refractivity (Wildman–Crippen MR) is 76.9 cm³/mol. The first kappa shape index (κ1) is 12.0. The standard InChI is InChI=1S/C17H19NO2/c19-16-6-3-5-15-14(16)8-9-18(15)11-13-10-12-4-1-2-7-17(12)20-13/h1-2,4,7-9,13,16,19H,3,5-6,10-11H2. The molecule has 104 valence electrons. The lowest BCUT2D eigenvalue weighted by Crippen LogP contribution is -2.22. The van der Waals surface area contributed by atoms with Crippen LogP contribution in [-0.2, 0) is 19.4 Å². The third-order valence-corrected chi connectivity index (χ3v) is 4.48. The summed E-state index contributed by atoms with van der Waals surface area (Å²) in [5.41, 5.74) is 3.72. The van der Waals surface area contributed by atoms with Gasteiger partial charge in [-0.25, -0.2) is 0 Å². The smallest absolute Gasteiger partial charge is 0.123 e. The van der Waals surface area contributed by atoms with Crippen molar-refractivity contribution in [3.05, 3.63) is 53.3 Å². The van der Waals surface area contributed by atoms with Crippen LogP contribution in [-0.4, -0.2) is 15.8 Å². The van der Waals surface area contributed by atoms with Gasteiger partial charge in [-0.05, 0) is 37.0 Å². The molecule has 0 amide bonds. The molecular formula is C17H19NO2. The van der Waals surface area contributed by atoms with Gasteiger partial charge in [0.1, 0.15) is 11.9 Å². The molecule has 0 bridgehead atoms. The molecule has 1 N–H and O–H groups in total. The fourth-order valence-corrected chi connectivity index (χ4v) is 3.48. The summed E-state index contributed by atoms with van der Waals surface area (Å²) in [6.07, 6.45) is 6.05. The molecule has 3 heteroatoms. The Kier molecular flexibility index (Phi) is 2.81. The first-order valence-electron chi connectivity index (χ1n) is 7.42. The van der Waals surface area contributed by atoms with Crippen LogP contribution in [0.15, 0.2) is 36.5 Å². The van der Waals surface area contributed by atoms with Crippen LogP contribution in [0.3, 0.4) is 0 Å². The van der Waals surface area contributed by atoms with Crippen LogP contribution in [0.2, 0.25) is 0 Å².